The highest BCUT2D eigenvalue weighted by atomic mass is 19.3. The first-order valence-electron chi connectivity index (χ1n) is 7.38. The van der Waals surface area contributed by atoms with Gasteiger partial charge in [0, 0.05) is 18.9 Å². The van der Waals surface area contributed by atoms with E-state index in [9.17, 15) is 18.4 Å². The number of halogens is 2. The molecule has 2 aliphatic rings. The average molecular weight is 305 g/mol. The first-order valence-corrected chi connectivity index (χ1v) is 7.38. The van der Waals surface area contributed by atoms with E-state index in [0.29, 0.717) is 12.8 Å². The van der Waals surface area contributed by atoms with Gasteiger partial charge >= 0.3 is 11.9 Å². The van der Waals surface area contributed by atoms with E-state index in [1.165, 1.54) is 0 Å². The molecule has 0 N–H and O–H groups in total. The van der Waals surface area contributed by atoms with Crippen molar-refractivity contribution < 1.29 is 27.8 Å². The standard InChI is InChI=1S/C14H21F2NO4/c1-3-20-12(18)10-5-6-11(13(19)21-4-2)17(10)9-7-14(15,16)8-9/h9-11H,3-8H2,1-2H3/t10-,11+. The molecule has 1 saturated heterocycles. The lowest BCUT2D eigenvalue weighted by Gasteiger charge is -2.44. The maximum Gasteiger partial charge on any atom is 0.323 e. The number of hydrogen-bond acceptors (Lipinski definition) is 5. The quantitative estimate of drug-likeness (QED) is 0.724. The van der Waals surface area contributed by atoms with E-state index >= 15 is 0 Å². The molecule has 0 bridgehead atoms. The van der Waals surface area contributed by atoms with Gasteiger partial charge in [0.1, 0.15) is 12.1 Å². The number of ether oxygens (including phenoxy) is 2. The van der Waals surface area contributed by atoms with Gasteiger partial charge in [-0.3, -0.25) is 14.5 Å². The van der Waals surface area contributed by atoms with Crippen LogP contribution in [0.1, 0.15) is 39.5 Å². The molecular formula is C14H21F2NO4. The van der Waals surface area contributed by atoms with E-state index in [0.717, 1.165) is 0 Å². The summed E-state index contributed by atoms with van der Waals surface area (Å²) >= 11 is 0. The van der Waals surface area contributed by atoms with E-state index in [2.05, 4.69) is 0 Å². The van der Waals surface area contributed by atoms with Crippen LogP contribution in [0.3, 0.4) is 0 Å². The molecule has 0 aromatic carbocycles. The smallest absolute Gasteiger partial charge is 0.323 e. The third-order valence-electron chi connectivity index (χ3n) is 4.04. The second kappa shape index (κ2) is 6.25. The van der Waals surface area contributed by atoms with Crippen LogP contribution in [0.5, 0.6) is 0 Å². The number of likely N-dealkylation sites (tertiary alicyclic amines) is 1. The Morgan fingerprint density at radius 3 is 1.81 bits per heavy atom. The molecule has 0 aromatic rings. The summed E-state index contributed by atoms with van der Waals surface area (Å²) in [5.41, 5.74) is 0. The lowest BCUT2D eigenvalue weighted by molar-refractivity contribution is -0.169. The Balaban J connectivity index is 2.12. The molecule has 120 valence electrons. The highest BCUT2D eigenvalue weighted by Gasteiger charge is 2.55. The fourth-order valence-corrected chi connectivity index (χ4v) is 3.14. The minimum Gasteiger partial charge on any atom is -0.465 e. The minimum absolute atomic E-state index is 0.230. The second-order valence-corrected chi connectivity index (χ2v) is 5.48. The SMILES string of the molecule is CCOC(=O)[C@H]1CC[C@@H](C(=O)OCC)N1C1CC(F)(F)C1. The fraction of sp³-hybridized carbons (Fsp3) is 0.857. The Bertz CT molecular complexity index is 382. The van der Waals surface area contributed by atoms with Gasteiger partial charge in [-0.15, -0.1) is 0 Å². The summed E-state index contributed by atoms with van der Waals surface area (Å²) in [6, 6.07) is -1.72. The summed E-state index contributed by atoms with van der Waals surface area (Å²) < 4.78 is 36.3. The van der Waals surface area contributed by atoms with Gasteiger partial charge in [-0.1, -0.05) is 0 Å². The third kappa shape index (κ3) is 3.33. The molecule has 1 aliphatic heterocycles. The van der Waals surface area contributed by atoms with Crippen LogP contribution in [0.2, 0.25) is 0 Å². The van der Waals surface area contributed by atoms with E-state index in [1.54, 1.807) is 18.7 Å². The van der Waals surface area contributed by atoms with Crippen LogP contribution >= 0.6 is 0 Å². The zero-order chi connectivity index (χ0) is 15.6. The molecule has 7 heteroatoms. The van der Waals surface area contributed by atoms with Crippen LogP contribution in [0.4, 0.5) is 8.78 Å². The highest BCUT2D eigenvalue weighted by molar-refractivity contribution is 5.81. The van der Waals surface area contributed by atoms with Crippen LogP contribution in [0.25, 0.3) is 0 Å². The summed E-state index contributed by atoms with van der Waals surface area (Å²) in [5.74, 6) is -3.59. The van der Waals surface area contributed by atoms with E-state index in [4.69, 9.17) is 9.47 Å². The van der Waals surface area contributed by atoms with Gasteiger partial charge in [0.05, 0.1) is 13.2 Å². The third-order valence-corrected chi connectivity index (χ3v) is 4.04. The summed E-state index contributed by atoms with van der Waals surface area (Å²) in [6.07, 6.45) is 0.229. The molecule has 2 atom stereocenters. The molecule has 0 amide bonds. The van der Waals surface area contributed by atoms with Crippen molar-refractivity contribution in [1.82, 2.24) is 4.90 Å². The lowest BCUT2D eigenvalue weighted by Crippen LogP contribution is -2.58. The molecule has 0 unspecified atom stereocenters. The van der Waals surface area contributed by atoms with Crippen LogP contribution in [0, 0.1) is 0 Å². The van der Waals surface area contributed by atoms with Crippen molar-refractivity contribution in [2.45, 2.75) is 63.6 Å². The number of hydrogen-bond donors (Lipinski definition) is 0. The van der Waals surface area contributed by atoms with E-state index in [-0.39, 0.29) is 26.1 Å². The molecule has 5 nitrogen and oxygen atoms in total. The molecule has 0 spiro atoms. The predicted octanol–water partition coefficient (Wildman–Crippen LogP) is 1.74. The first kappa shape index (κ1) is 16.1. The molecular weight excluding hydrogens is 284 g/mol. The molecule has 1 heterocycles. The normalized spacial score (nSPS) is 29.0. The summed E-state index contributed by atoms with van der Waals surface area (Å²) in [5, 5.41) is 0. The molecule has 21 heavy (non-hydrogen) atoms. The largest absolute Gasteiger partial charge is 0.465 e. The van der Waals surface area contributed by atoms with Gasteiger partial charge < -0.3 is 9.47 Å². The number of nitrogens with zero attached hydrogens (tertiary/aromatic N) is 1. The molecule has 2 fully saturated rings. The summed E-state index contributed by atoms with van der Waals surface area (Å²) in [6.45, 7) is 3.84. The van der Waals surface area contributed by atoms with Gasteiger partial charge in [-0.05, 0) is 26.7 Å². The minimum atomic E-state index is -2.70. The zero-order valence-electron chi connectivity index (χ0n) is 12.3. The highest BCUT2D eigenvalue weighted by Crippen LogP contribution is 2.44. The van der Waals surface area contributed by atoms with Gasteiger partial charge in [-0.25, -0.2) is 8.78 Å². The van der Waals surface area contributed by atoms with Crippen molar-refractivity contribution in [3.63, 3.8) is 0 Å². The molecule has 1 saturated carbocycles. The van der Waals surface area contributed by atoms with E-state index < -0.39 is 36.0 Å². The number of esters is 2. The number of carbonyl (C=O) groups excluding carboxylic acids is 2. The number of alkyl halides is 2. The van der Waals surface area contributed by atoms with Crippen molar-refractivity contribution in [2.24, 2.45) is 0 Å². The Morgan fingerprint density at radius 1 is 1.05 bits per heavy atom. The first-order chi connectivity index (χ1) is 9.89. The Hall–Kier alpha value is -1.24. The maximum atomic E-state index is 13.1. The number of rotatable bonds is 5. The van der Waals surface area contributed by atoms with Gasteiger partial charge in [0.15, 0.2) is 0 Å². The molecule has 0 aromatic heterocycles. The van der Waals surface area contributed by atoms with E-state index in [1.807, 2.05) is 0 Å². The van der Waals surface area contributed by atoms with Crippen molar-refractivity contribution in [1.29, 1.82) is 0 Å². The van der Waals surface area contributed by atoms with Crippen LogP contribution in [-0.2, 0) is 19.1 Å². The molecule has 0 radical (unpaired) electrons. The van der Waals surface area contributed by atoms with Crippen molar-refractivity contribution in [3.8, 4) is 0 Å². The van der Waals surface area contributed by atoms with Gasteiger partial charge in [-0.2, -0.15) is 0 Å². The molecule has 2 rings (SSSR count). The van der Waals surface area contributed by atoms with Crippen molar-refractivity contribution in [3.05, 3.63) is 0 Å². The number of carbonyl (C=O) groups is 2. The predicted molar refractivity (Wildman–Crippen MR) is 69.9 cm³/mol. The Labute approximate surface area is 122 Å². The zero-order valence-corrected chi connectivity index (χ0v) is 12.3. The topological polar surface area (TPSA) is 55.8 Å². The lowest BCUT2D eigenvalue weighted by atomic mass is 9.86. The van der Waals surface area contributed by atoms with Crippen molar-refractivity contribution >= 4 is 11.9 Å². The summed E-state index contributed by atoms with van der Waals surface area (Å²) in [7, 11) is 0. The van der Waals surface area contributed by atoms with Gasteiger partial charge in [0.25, 0.3) is 5.92 Å². The van der Waals surface area contributed by atoms with Crippen LogP contribution in [0.15, 0.2) is 0 Å². The van der Waals surface area contributed by atoms with Crippen LogP contribution in [-0.4, -0.2) is 54.1 Å². The Kier molecular flexibility index (Phi) is 4.81. The van der Waals surface area contributed by atoms with Gasteiger partial charge in [0.2, 0.25) is 0 Å². The second-order valence-electron chi connectivity index (χ2n) is 5.48. The summed E-state index contributed by atoms with van der Waals surface area (Å²) in [4.78, 5) is 25.6. The average Bonchev–Trinajstić information content (AvgIpc) is 2.80. The Morgan fingerprint density at radius 2 is 1.48 bits per heavy atom. The molecule has 1 aliphatic carbocycles. The van der Waals surface area contributed by atoms with Crippen LogP contribution < -0.4 is 0 Å². The maximum absolute atomic E-state index is 13.1. The monoisotopic (exact) mass is 305 g/mol. The van der Waals surface area contributed by atoms with Crippen molar-refractivity contribution in [2.75, 3.05) is 13.2 Å². The fourth-order valence-electron chi connectivity index (χ4n) is 3.14.